The van der Waals surface area contributed by atoms with Crippen LogP contribution in [0.4, 0.5) is 0 Å². The van der Waals surface area contributed by atoms with Crippen LogP contribution in [0.5, 0.6) is 0 Å². The standard InChI is InChI=1S/C24H31N3OS/c1-29-22-21(11-5-14-25-22)23(28)27-17-13-24(19-27)12-7-16-26(18-24)15-6-10-20-8-3-2-4-9-20/h2-5,8-9,11,14H,6-7,10,12-13,15-19H2,1H3. The first kappa shape index (κ1) is 20.4. The molecule has 29 heavy (non-hydrogen) atoms. The van der Waals surface area contributed by atoms with E-state index in [-0.39, 0.29) is 11.3 Å². The van der Waals surface area contributed by atoms with Gasteiger partial charge in [0.15, 0.2) is 0 Å². The van der Waals surface area contributed by atoms with Crippen LogP contribution in [0.15, 0.2) is 53.7 Å². The number of aromatic nitrogens is 1. The highest BCUT2D eigenvalue weighted by atomic mass is 32.2. The van der Waals surface area contributed by atoms with Crippen molar-refractivity contribution in [2.75, 3.05) is 39.0 Å². The maximum absolute atomic E-state index is 13.1. The summed E-state index contributed by atoms with van der Waals surface area (Å²) in [5, 5.41) is 0.838. The number of carbonyl (C=O) groups excluding carboxylic acids is 1. The predicted molar refractivity (Wildman–Crippen MR) is 119 cm³/mol. The lowest BCUT2D eigenvalue weighted by Crippen LogP contribution is -2.45. The Balaban J connectivity index is 1.33. The molecule has 2 fully saturated rings. The van der Waals surface area contributed by atoms with Gasteiger partial charge in [0, 0.05) is 31.2 Å². The first-order valence-electron chi connectivity index (χ1n) is 10.7. The number of amides is 1. The van der Waals surface area contributed by atoms with Gasteiger partial charge in [-0.3, -0.25) is 4.79 Å². The first-order valence-corrected chi connectivity index (χ1v) is 12.0. The molecule has 0 bridgehead atoms. The summed E-state index contributed by atoms with van der Waals surface area (Å²) in [6.45, 7) is 5.25. The molecule has 2 saturated heterocycles. The van der Waals surface area contributed by atoms with Crippen LogP contribution in [0.2, 0.25) is 0 Å². The Kier molecular flexibility index (Phi) is 6.56. The number of likely N-dealkylation sites (tertiary alicyclic amines) is 2. The molecule has 0 radical (unpaired) electrons. The Morgan fingerprint density at radius 3 is 2.79 bits per heavy atom. The third kappa shape index (κ3) is 4.84. The van der Waals surface area contributed by atoms with E-state index in [1.165, 1.54) is 31.4 Å². The summed E-state index contributed by atoms with van der Waals surface area (Å²) in [5.41, 5.74) is 2.47. The molecule has 1 aromatic heterocycles. The van der Waals surface area contributed by atoms with Crippen LogP contribution in [-0.2, 0) is 6.42 Å². The molecule has 5 heteroatoms. The molecular formula is C24H31N3OS. The van der Waals surface area contributed by atoms with Crippen molar-refractivity contribution in [1.29, 1.82) is 0 Å². The van der Waals surface area contributed by atoms with Gasteiger partial charge in [-0.15, -0.1) is 11.8 Å². The first-order chi connectivity index (χ1) is 14.2. The molecule has 154 valence electrons. The molecule has 4 rings (SSSR count). The highest BCUT2D eigenvalue weighted by Gasteiger charge is 2.43. The minimum Gasteiger partial charge on any atom is -0.338 e. The molecule has 0 N–H and O–H groups in total. The number of piperidine rings is 1. The number of rotatable bonds is 6. The quantitative estimate of drug-likeness (QED) is 0.664. The lowest BCUT2D eigenvalue weighted by atomic mass is 9.79. The van der Waals surface area contributed by atoms with E-state index in [4.69, 9.17) is 0 Å². The molecular weight excluding hydrogens is 378 g/mol. The van der Waals surface area contributed by atoms with Crippen molar-refractivity contribution in [2.24, 2.45) is 5.41 Å². The number of benzene rings is 1. The van der Waals surface area contributed by atoms with Crippen LogP contribution in [0.25, 0.3) is 0 Å². The van der Waals surface area contributed by atoms with E-state index in [0.717, 1.165) is 49.6 Å². The molecule has 4 nitrogen and oxygen atoms in total. The molecule has 2 aliphatic heterocycles. The molecule has 2 aliphatic rings. The van der Waals surface area contributed by atoms with Crippen molar-refractivity contribution in [3.63, 3.8) is 0 Å². The molecule has 1 aromatic carbocycles. The highest BCUT2D eigenvalue weighted by molar-refractivity contribution is 7.98. The summed E-state index contributed by atoms with van der Waals surface area (Å²) in [5.74, 6) is 0.153. The Morgan fingerprint density at radius 1 is 1.10 bits per heavy atom. The lowest BCUT2D eigenvalue weighted by Gasteiger charge is -2.40. The average Bonchev–Trinajstić information content (AvgIpc) is 3.17. The van der Waals surface area contributed by atoms with Crippen LogP contribution >= 0.6 is 11.8 Å². The van der Waals surface area contributed by atoms with Gasteiger partial charge >= 0.3 is 0 Å². The number of thioether (sulfide) groups is 1. The molecule has 1 amide bonds. The second-order valence-corrected chi connectivity index (χ2v) is 9.30. The van der Waals surface area contributed by atoms with Crippen LogP contribution in [0.3, 0.4) is 0 Å². The highest BCUT2D eigenvalue weighted by Crippen LogP contribution is 2.39. The van der Waals surface area contributed by atoms with Gasteiger partial charge in [-0.1, -0.05) is 30.3 Å². The average molecular weight is 410 g/mol. The third-order valence-electron chi connectivity index (χ3n) is 6.44. The van der Waals surface area contributed by atoms with E-state index in [9.17, 15) is 4.79 Å². The number of hydrogen-bond donors (Lipinski definition) is 0. The van der Waals surface area contributed by atoms with Crippen LogP contribution in [0, 0.1) is 5.41 Å². The maximum Gasteiger partial charge on any atom is 0.256 e. The number of hydrogen-bond acceptors (Lipinski definition) is 4. The van der Waals surface area contributed by atoms with E-state index < -0.39 is 0 Å². The molecule has 0 aliphatic carbocycles. The van der Waals surface area contributed by atoms with Crippen LogP contribution < -0.4 is 0 Å². The van der Waals surface area contributed by atoms with E-state index >= 15 is 0 Å². The second kappa shape index (κ2) is 9.31. The van der Waals surface area contributed by atoms with Crippen molar-refractivity contribution >= 4 is 17.7 Å². The van der Waals surface area contributed by atoms with Gasteiger partial charge in [0.05, 0.1) is 5.56 Å². The monoisotopic (exact) mass is 409 g/mol. The number of aryl methyl sites for hydroxylation is 1. The summed E-state index contributed by atoms with van der Waals surface area (Å²) in [7, 11) is 0. The fourth-order valence-electron chi connectivity index (χ4n) is 4.98. The van der Waals surface area contributed by atoms with Crippen molar-refractivity contribution in [1.82, 2.24) is 14.8 Å². The topological polar surface area (TPSA) is 36.4 Å². The summed E-state index contributed by atoms with van der Waals surface area (Å²) in [4.78, 5) is 22.2. The van der Waals surface area contributed by atoms with Crippen molar-refractivity contribution < 1.29 is 4.79 Å². The van der Waals surface area contributed by atoms with E-state index in [0.29, 0.717) is 0 Å². The number of nitrogens with zero attached hydrogens (tertiary/aromatic N) is 3. The van der Waals surface area contributed by atoms with Crippen LogP contribution in [-0.4, -0.2) is 59.7 Å². The Labute approximate surface area is 178 Å². The predicted octanol–water partition coefficient (Wildman–Crippen LogP) is 4.36. The summed E-state index contributed by atoms with van der Waals surface area (Å²) >= 11 is 1.55. The van der Waals surface area contributed by atoms with E-state index in [1.807, 2.05) is 18.4 Å². The largest absolute Gasteiger partial charge is 0.338 e. The zero-order valence-electron chi connectivity index (χ0n) is 17.3. The SMILES string of the molecule is CSc1ncccc1C(=O)N1CCC2(CCCN(CCCc3ccccc3)C2)C1. The molecule has 3 heterocycles. The number of carbonyl (C=O) groups is 1. The van der Waals surface area contributed by atoms with Gasteiger partial charge < -0.3 is 9.80 Å². The zero-order chi connectivity index (χ0) is 20.1. The van der Waals surface area contributed by atoms with Crippen molar-refractivity contribution in [2.45, 2.75) is 37.1 Å². The van der Waals surface area contributed by atoms with Gasteiger partial charge in [0.2, 0.25) is 0 Å². The molecule has 0 saturated carbocycles. The minimum atomic E-state index is 0.153. The smallest absolute Gasteiger partial charge is 0.256 e. The Hall–Kier alpha value is -1.85. The van der Waals surface area contributed by atoms with Gasteiger partial charge in [-0.2, -0.15) is 0 Å². The number of pyridine rings is 1. The summed E-state index contributed by atoms with van der Waals surface area (Å²) < 4.78 is 0. The molecule has 1 unspecified atom stereocenters. The van der Waals surface area contributed by atoms with Crippen molar-refractivity contribution in [3.8, 4) is 0 Å². The fraction of sp³-hybridized carbons (Fsp3) is 0.500. The fourth-order valence-corrected chi connectivity index (χ4v) is 5.52. The van der Waals surface area contributed by atoms with Gasteiger partial charge in [-0.05, 0) is 69.1 Å². The zero-order valence-corrected chi connectivity index (χ0v) is 18.2. The Bertz CT molecular complexity index is 828. The van der Waals surface area contributed by atoms with Crippen LogP contribution in [0.1, 0.15) is 41.6 Å². The molecule has 2 aromatic rings. The van der Waals surface area contributed by atoms with Gasteiger partial charge in [-0.25, -0.2) is 4.98 Å². The van der Waals surface area contributed by atoms with E-state index in [1.54, 1.807) is 18.0 Å². The van der Waals surface area contributed by atoms with Crippen molar-refractivity contribution in [3.05, 3.63) is 59.8 Å². The minimum absolute atomic E-state index is 0.153. The molecule has 1 atom stereocenters. The summed E-state index contributed by atoms with van der Waals surface area (Å²) in [6, 6.07) is 14.6. The summed E-state index contributed by atoms with van der Waals surface area (Å²) in [6.07, 6.45) is 9.72. The van der Waals surface area contributed by atoms with Gasteiger partial charge in [0.25, 0.3) is 5.91 Å². The maximum atomic E-state index is 13.1. The van der Waals surface area contributed by atoms with E-state index in [2.05, 4.69) is 45.1 Å². The normalized spacial score (nSPS) is 22.3. The lowest BCUT2D eigenvalue weighted by molar-refractivity contribution is 0.0685. The third-order valence-corrected chi connectivity index (χ3v) is 7.16. The molecule has 1 spiro atoms. The second-order valence-electron chi connectivity index (χ2n) is 8.51. The Morgan fingerprint density at radius 2 is 1.97 bits per heavy atom. The van der Waals surface area contributed by atoms with Gasteiger partial charge in [0.1, 0.15) is 5.03 Å².